The lowest BCUT2D eigenvalue weighted by molar-refractivity contribution is 0.453. The zero-order chi connectivity index (χ0) is 10.8. The van der Waals surface area contributed by atoms with Crippen molar-refractivity contribution in [2.45, 2.75) is 18.8 Å². The number of nitrogens with zero attached hydrogens (tertiary/aromatic N) is 1. The molecule has 0 spiro atoms. The second kappa shape index (κ2) is 4.39. The first kappa shape index (κ1) is 10.1. The van der Waals surface area contributed by atoms with Crippen LogP contribution in [0.25, 0.3) is 10.6 Å². The molecule has 3 heterocycles. The average molecular weight is 233 g/mol. The number of hydrogen-bond acceptors (Lipinski definition) is 3. The van der Waals surface area contributed by atoms with Gasteiger partial charge in [-0.15, -0.1) is 11.3 Å². The maximum Gasteiger partial charge on any atom is 0.102 e. The minimum absolute atomic E-state index is 0.655. The predicted molar refractivity (Wildman–Crippen MR) is 66.7 cm³/mol. The Morgan fingerprint density at radius 1 is 1.31 bits per heavy atom. The Bertz CT molecular complexity index is 441. The van der Waals surface area contributed by atoms with E-state index in [9.17, 15) is 0 Å². The van der Waals surface area contributed by atoms with Crippen molar-refractivity contribution in [3.8, 4) is 10.6 Å². The molecule has 2 aromatic heterocycles. The van der Waals surface area contributed by atoms with E-state index in [-0.39, 0.29) is 0 Å². The molecule has 0 aromatic carbocycles. The van der Waals surface area contributed by atoms with E-state index in [1.165, 1.54) is 23.4 Å². The molecule has 4 heteroatoms. The third-order valence-electron chi connectivity index (χ3n) is 3.15. The molecule has 1 fully saturated rings. The molecular formula is C12H15N3S. The molecular weight excluding hydrogens is 218 g/mol. The van der Waals surface area contributed by atoms with E-state index in [0.717, 1.165) is 18.8 Å². The summed E-state index contributed by atoms with van der Waals surface area (Å²) in [6.45, 7) is 2.25. The fourth-order valence-electron chi connectivity index (χ4n) is 2.23. The van der Waals surface area contributed by atoms with Crippen molar-refractivity contribution >= 4 is 11.3 Å². The highest BCUT2D eigenvalue weighted by Gasteiger charge is 2.17. The van der Waals surface area contributed by atoms with Crippen LogP contribution in [0.1, 0.15) is 24.5 Å². The molecule has 0 unspecified atom stereocenters. The van der Waals surface area contributed by atoms with Crippen molar-refractivity contribution in [1.82, 2.24) is 15.5 Å². The summed E-state index contributed by atoms with van der Waals surface area (Å²) in [7, 11) is 0. The van der Waals surface area contributed by atoms with Crippen LogP contribution in [-0.2, 0) is 0 Å². The summed E-state index contributed by atoms with van der Waals surface area (Å²) in [6, 6.07) is 6.40. The zero-order valence-corrected chi connectivity index (χ0v) is 9.89. The third-order valence-corrected chi connectivity index (χ3v) is 4.04. The minimum atomic E-state index is 0.655. The summed E-state index contributed by atoms with van der Waals surface area (Å²) in [5, 5.41) is 13.1. The second-order valence-electron chi connectivity index (χ2n) is 4.21. The summed E-state index contributed by atoms with van der Waals surface area (Å²) in [4.78, 5) is 1.25. The van der Waals surface area contributed by atoms with E-state index in [1.807, 2.05) is 0 Å². The van der Waals surface area contributed by atoms with E-state index in [0.29, 0.717) is 5.92 Å². The molecule has 1 aliphatic heterocycles. The van der Waals surface area contributed by atoms with Gasteiger partial charge < -0.3 is 5.32 Å². The summed E-state index contributed by atoms with van der Waals surface area (Å²) in [6.07, 6.45) is 2.43. The lowest BCUT2D eigenvalue weighted by atomic mass is 9.94. The number of hydrogen-bond donors (Lipinski definition) is 2. The monoisotopic (exact) mass is 233 g/mol. The van der Waals surface area contributed by atoms with Crippen LogP contribution in [0.3, 0.4) is 0 Å². The highest BCUT2D eigenvalue weighted by molar-refractivity contribution is 7.13. The van der Waals surface area contributed by atoms with Crippen molar-refractivity contribution in [3.05, 3.63) is 29.3 Å². The maximum absolute atomic E-state index is 4.40. The lowest BCUT2D eigenvalue weighted by Gasteiger charge is -2.20. The molecule has 0 radical (unpaired) electrons. The van der Waals surface area contributed by atoms with E-state index >= 15 is 0 Å². The Morgan fingerprint density at radius 2 is 2.19 bits per heavy atom. The van der Waals surface area contributed by atoms with Gasteiger partial charge in [0.1, 0.15) is 5.69 Å². The van der Waals surface area contributed by atoms with Gasteiger partial charge in [0.05, 0.1) is 4.88 Å². The standard InChI is InChI=1S/C12H15N3S/c1-2-12(16-7-1)11-8-10(14-15-11)9-3-5-13-6-4-9/h1-2,7-9,13H,3-6H2,(H,14,15). The van der Waals surface area contributed by atoms with Gasteiger partial charge in [0.2, 0.25) is 0 Å². The van der Waals surface area contributed by atoms with Crippen LogP contribution in [0, 0.1) is 0 Å². The van der Waals surface area contributed by atoms with Gasteiger partial charge in [0.15, 0.2) is 0 Å². The summed E-state index contributed by atoms with van der Waals surface area (Å²) in [5.74, 6) is 0.655. The lowest BCUT2D eigenvalue weighted by Crippen LogP contribution is -2.26. The van der Waals surface area contributed by atoms with Gasteiger partial charge >= 0.3 is 0 Å². The van der Waals surface area contributed by atoms with Crippen molar-refractivity contribution in [3.63, 3.8) is 0 Å². The average Bonchev–Trinajstić information content (AvgIpc) is 3.01. The third kappa shape index (κ3) is 1.90. The molecule has 0 aliphatic carbocycles. The van der Waals surface area contributed by atoms with Crippen LogP contribution in [0.15, 0.2) is 23.6 Å². The molecule has 2 N–H and O–H groups in total. The fraction of sp³-hybridized carbons (Fsp3) is 0.417. The van der Waals surface area contributed by atoms with Crippen molar-refractivity contribution < 1.29 is 0 Å². The van der Waals surface area contributed by atoms with Gasteiger partial charge in [-0.3, -0.25) is 5.10 Å². The van der Waals surface area contributed by atoms with Gasteiger partial charge in [-0.05, 0) is 43.4 Å². The smallest absolute Gasteiger partial charge is 0.102 e. The van der Waals surface area contributed by atoms with Crippen LogP contribution >= 0.6 is 11.3 Å². The maximum atomic E-state index is 4.40. The van der Waals surface area contributed by atoms with Crippen LogP contribution in [0.2, 0.25) is 0 Å². The van der Waals surface area contributed by atoms with Gasteiger partial charge in [-0.25, -0.2) is 0 Å². The summed E-state index contributed by atoms with van der Waals surface area (Å²) >= 11 is 1.74. The van der Waals surface area contributed by atoms with Gasteiger partial charge in [-0.1, -0.05) is 6.07 Å². The van der Waals surface area contributed by atoms with Crippen molar-refractivity contribution in [2.75, 3.05) is 13.1 Å². The first-order valence-corrected chi connectivity index (χ1v) is 6.61. The Balaban J connectivity index is 1.82. The zero-order valence-electron chi connectivity index (χ0n) is 9.07. The Hall–Kier alpha value is -1.13. The molecule has 16 heavy (non-hydrogen) atoms. The minimum Gasteiger partial charge on any atom is -0.317 e. The molecule has 84 valence electrons. The molecule has 1 aliphatic rings. The van der Waals surface area contributed by atoms with Crippen LogP contribution in [0.5, 0.6) is 0 Å². The van der Waals surface area contributed by atoms with Crippen molar-refractivity contribution in [2.24, 2.45) is 0 Å². The number of piperidine rings is 1. The topological polar surface area (TPSA) is 40.7 Å². The molecule has 3 nitrogen and oxygen atoms in total. The number of H-pyrrole nitrogens is 1. The molecule has 0 atom stereocenters. The van der Waals surface area contributed by atoms with Crippen LogP contribution in [0.4, 0.5) is 0 Å². The molecule has 1 saturated heterocycles. The normalized spacial score (nSPS) is 17.8. The summed E-state index contributed by atoms with van der Waals surface area (Å²) in [5.41, 5.74) is 2.38. The number of thiophene rings is 1. The van der Waals surface area contributed by atoms with E-state index < -0.39 is 0 Å². The first-order chi connectivity index (χ1) is 7.93. The van der Waals surface area contributed by atoms with E-state index in [1.54, 1.807) is 11.3 Å². The number of aromatic amines is 1. The highest BCUT2D eigenvalue weighted by Crippen LogP contribution is 2.28. The predicted octanol–water partition coefficient (Wildman–Crippen LogP) is 2.61. The van der Waals surface area contributed by atoms with E-state index in [4.69, 9.17) is 0 Å². The Kier molecular flexibility index (Phi) is 2.76. The van der Waals surface area contributed by atoms with Gasteiger partial charge in [0.25, 0.3) is 0 Å². The van der Waals surface area contributed by atoms with E-state index in [2.05, 4.69) is 39.1 Å². The van der Waals surface area contributed by atoms with Crippen LogP contribution in [-0.4, -0.2) is 23.3 Å². The van der Waals surface area contributed by atoms with Gasteiger partial charge in [-0.2, -0.15) is 5.10 Å². The Morgan fingerprint density at radius 3 is 2.94 bits per heavy atom. The number of aromatic nitrogens is 2. The number of rotatable bonds is 2. The molecule has 0 amide bonds. The summed E-state index contributed by atoms with van der Waals surface area (Å²) < 4.78 is 0. The van der Waals surface area contributed by atoms with Gasteiger partial charge in [0, 0.05) is 11.6 Å². The van der Waals surface area contributed by atoms with Crippen molar-refractivity contribution in [1.29, 1.82) is 0 Å². The second-order valence-corrected chi connectivity index (χ2v) is 5.16. The first-order valence-electron chi connectivity index (χ1n) is 5.73. The number of nitrogens with one attached hydrogen (secondary N) is 2. The fourth-order valence-corrected chi connectivity index (χ4v) is 2.92. The quantitative estimate of drug-likeness (QED) is 0.837. The Labute approximate surface area is 98.9 Å². The van der Waals surface area contributed by atoms with Crippen LogP contribution < -0.4 is 5.32 Å². The molecule has 3 rings (SSSR count). The largest absolute Gasteiger partial charge is 0.317 e. The molecule has 2 aromatic rings. The molecule has 0 saturated carbocycles. The molecule has 0 bridgehead atoms. The SMILES string of the molecule is c1csc(-c2cc(C3CCNCC3)[nH]n2)c1. The highest BCUT2D eigenvalue weighted by atomic mass is 32.1.